The zero-order valence-corrected chi connectivity index (χ0v) is 25.6. The summed E-state index contributed by atoms with van der Waals surface area (Å²) in [6.07, 6.45) is 0. The Balaban J connectivity index is 0. The fourth-order valence-corrected chi connectivity index (χ4v) is 4.37. The van der Waals surface area contributed by atoms with Crippen molar-refractivity contribution in [3.05, 3.63) is 58.7 Å². The van der Waals surface area contributed by atoms with Gasteiger partial charge in [-0.25, -0.2) is 0 Å². The molecule has 2 aromatic rings. The van der Waals surface area contributed by atoms with Crippen LogP contribution < -0.4 is 35.4 Å². The molecular weight excluding hydrogens is 525 g/mol. The van der Waals surface area contributed by atoms with Crippen LogP contribution in [0.25, 0.3) is 0 Å². The predicted molar refractivity (Wildman–Crippen MR) is 144 cm³/mol. The first-order valence-electron chi connectivity index (χ1n) is 12.5. The molecule has 0 fully saturated rings. The number of halogens is 2. The second-order valence-electron chi connectivity index (χ2n) is 10.4. The van der Waals surface area contributed by atoms with Crippen molar-refractivity contribution in [3.8, 4) is 0 Å². The van der Waals surface area contributed by atoms with Gasteiger partial charge >= 0.3 is 17.1 Å². The van der Waals surface area contributed by atoms with E-state index >= 15 is 0 Å². The summed E-state index contributed by atoms with van der Waals surface area (Å²) in [5.41, 5.74) is 8.38. The number of nitrogens with one attached hydrogen (secondary N) is 2. The van der Waals surface area contributed by atoms with Gasteiger partial charge in [0.15, 0.2) is 0 Å². The van der Waals surface area contributed by atoms with Gasteiger partial charge in [-0.1, -0.05) is 91.8 Å². The monoisotopic (exact) mass is 570 g/mol. The average molecular weight is 572 g/mol. The number of likely N-dealkylation sites (N-methyl/N-ethyl adjacent to an activating group) is 1. The molecule has 0 saturated carbocycles. The van der Waals surface area contributed by atoms with Crippen LogP contribution in [-0.4, -0.2) is 38.1 Å². The van der Waals surface area contributed by atoms with E-state index in [9.17, 15) is 0 Å². The Kier molecular flexibility index (Phi) is 18.2. The van der Waals surface area contributed by atoms with Crippen molar-refractivity contribution in [2.24, 2.45) is 0 Å². The molecule has 0 aliphatic rings. The Hall–Kier alpha value is -0.901. The summed E-state index contributed by atoms with van der Waals surface area (Å²) >= 11 is 0. The van der Waals surface area contributed by atoms with Crippen LogP contribution in [0.5, 0.6) is 0 Å². The van der Waals surface area contributed by atoms with Crippen LogP contribution in [0, 0.1) is 0 Å². The van der Waals surface area contributed by atoms with Gasteiger partial charge in [0, 0.05) is 37.6 Å². The maximum absolute atomic E-state index is 3.77. The third-order valence-electron chi connectivity index (χ3n) is 6.34. The average Bonchev–Trinajstić information content (AvgIpc) is 2.73. The summed E-state index contributed by atoms with van der Waals surface area (Å²) in [7, 11) is 2.22. The normalized spacial score (nSPS) is 10.9. The third-order valence-corrected chi connectivity index (χ3v) is 6.34. The maximum Gasteiger partial charge on any atom is 2.00 e. The Morgan fingerprint density at radius 1 is 0.571 bits per heavy atom. The van der Waals surface area contributed by atoms with E-state index in [4.69, 9.17) is 0 Å². The molecule has 2 aromatic carbocycles. The number of para-hydroxylation sites is 2. The molecule has 0 aliphatic carbocycles. The van der Waals surface area contributed by atoms with Gasteiger partial charge in [0.25, 0.3) is 0 Å². The third kappa shape index (κ3) is 10.5. The molecule has 0 unspecified atom stereocenters. The van der Waals surface area contributed by atoms with E-state index in [1.54, 1.807) is 0 Å². The number of rotatable bonds is 12. The molecule has 203 valence electrons. The summed E-state index contributed by atoms with van der Waals surface area (Å²) < 4.78 is 0. The quantitative estimate of drug-likeness (QED) is 0.380. The van der Waals surface area contributed by atoms with Crippen molar-refractivity contribution < 1.29 is 41.9 Å². The molecule has 0 amide bonds. The minimum atomic E-state index is 0. The molecule has 0 saturated heterocycles. The van der Waals surface area contributed by atoms with E-state index in [1.165, 1.54) is 33.6 Å². The maximum atomic E-state index is 3.77. The first kappa shape index (κ1) is 36.3. The second-order valence-corrected chi connectivity index (χ2v) is 10.4. The zero-order chi connectivity index (χ0) is 23.8. The molecule has 6 heteroatoms. The van der Waals surface area contributed by atoms with Crippen LogP contribution in [0.1, 0.15) is 101 Å². The number of anilines is 2. The molecule has 2 N–H and O–H groups in total. The Bertz CT molecular complexity index is 732. The minimum absolute atomic E-state index is 0. The molecule has 0 atom stereocenters. The molecule has 3 nitrogen and oxygen atoms in total. The first-order chi connectivity index (χ1) is 15.1. The number of nitrogens with zero attached hydrogens (tertiary/aromatic N) is 1. The van der Waals surface area contributed by atoms with Gasteiger partial charge < -0.3 is 40.3 Å². The number of hydrogen-bond acceptors (Lipinski definition) is 3. The smallest absolute Gasteiger partial charge is 1.00 e. The molecule has 2 rings (SSSR count). The molecule has 35 heavy (non-hydrogen) atoms. The summed E-state index contributed by atoms with van der Waals surface area (Å²) in [6.45, 7) is 22.2. The number of hydrogen-bond donors (Lipinski definition) is 2. The van der Waals surface area contributed by atoms with Crippen molar-refractivity contribution in [2.45, 2.75) is 79.1 Å². The molecule has 0 aliphatic heterocycles. The van der Waals surface area contributed by atoms with Crippen molar-refractivity contribution in [1.82, 2.24) is 4.90 Å². The van der Waals surface area contributed by atoms with Crippen molar-refractivity contribution in [3.63, 3.8) is 0 Å². The topological polar surface area (TPSA) is 27.3 Å². The molecular formula is C29H47Cl2CuN3. The van der Waals surface area contributed by atoms with Gasteiger partial charge in [-0.15, -0.1) is 0 Å². The van der Waals surface area contributed by atoms with E-state index in [2.05, 4.69) is 114 Å². The van der Waals surface area contributed by atoms with Crippen molar-refractivity contribution >= 4 is 11.4 Å². The van der Waals surface area contributed by atoms with E-state index in [0.717, 1.165) is 26.2 Å². The van der Waals surface area contributed by atoms with Crippen molar-refractivity contribution in [2.75, 3.05) is 43.9 Å². The SMILES string of the molecule is CC(C)c1cccc(C(C)C)c1NCCN(C)CCNc1c(C(C)C)cccc1C(C)C.[Cl-].[Cl-].[Cu+2]. The molecule has 0 aromatic heterocycles. The van der Waals surface area contributed by atoms with Gasteiger partial charge in [-0.2, -0.15) is 0 Å². The first-order valence-corrected chi connectivity index (χ1v) is 12.5. The van der Waals surface area contributed by atoms with Crippen LogP contribution in [-0.2, 0) is 17.1 Å². The fourth-order valence-electron chi connectivity index (χ4n) is 4.37. The fraction of sp³-hybridized carbons (Fsp3) is 0.586. The van der Waals surface area contributed by atoms with Gasteiger partial charge in [0.2, 0.25) is 0 Å². The predicted octanol–water partition coefficient (Wildman–Crippen LogP) is 1.64. The second kappa shape index (κ2) is 17.5. The van der Waals surface area contributed by atoms with Crippen molar-refractivity contribution in [1.29, 1.82) is 0 Å². The van der Waals surface area contributed by atoms with Crippen LogP contribution in [0.4, 0.5) is 11.4 Å². The Morgan fingerprint density at radius 2 is 0.829 bits per heavy atom. The van der Waals surface area contributed by atoms with E-state index < -0.39 is 0 Å². The van der Waals surface area contributed by atoms with Crippen LogP contribution in [0.3, 0.4) is 0 Å². The van der Waals surface area contributed by atoms with Crippen LogP contribution >= 0.6 is 0 Å². The Morgan fingerprint density at radius 3 is 1.06 bits per heavy atom. The molecule has 0 heterocycles. The largest absolute Gasteiger partial charge is 2.00 e. The van der Waals surface area contributed by atoms with E-state index in [0.29, 0.717) is 23.7 Å². The molecule has 0 spiro atoms. The van der Waals surface area contributed by atoms with Gasteiger partial charge in [0.1, 0.15) is 0 Å². The van der Waals surface area contributed by atoms with Gasteiger partial charge in [-0.05, 0) is 53.0 Å². The summed E-state index contributed by atoms with van der Waals surface area (Å²) in [5, 5.41) is 7.54. The number of benzene rings is 2. The van der Waals surface area contributed by atoms with E-state index in [1.807, 2.05) is 0 Å². The van der Waals surface area contributed by atoms with Crippen LogP contribution in [0.15, 0.2) is 36.4 Å². The summed E-state index contributed by atoms with van der Waals surface area (Å²) in [5.74, 6) is 2.09. The standard InChI is InChI=1S/C29H47N3.2ClH.Cu/c1-20(2)24-12-10-13-25(21(3)4)28(24)30-16-18-32(9)19-17-31-29-26(22(5)6)14-11-15-27(29)23(7)8;;;/h10-15,20-23,30-31H,16-19H2,1-9H3;2*1H;/q;;;+2/p-2. The van der Waals surface area contributed by atoms with E-state index in [-0.39, 0.29) is 41.9 Å². The summed E-state index contributed by atoms with van der Waals surface area (Å²) in [6, 6.07) is 13.5. The zero-order valence-electron chi connectivity index (χ0n) is 23.1. The summed E-state index contributed by atoms with van der Waals surface area (Å²) in [4.78, 5) is 2.42. The van der Waals surface area contributed by atoms with Gasteiger partial charge in [0.05, 0.1) is 0 Å². The minimum Gasteiger partial charge on any atom is -1.00 e. The van der Waals surface area contributed by atoms with Crippen LogP contribution in [0.2, 0.25) is 0 Å². The molecule has 1 radical (unpaired) electrons. The Labute approximate surface area is 238 Å². The van der Waals surface area contributed by atoms with Gasteiger partial charge in [-0.3, -0.25) is 0 Å². The molecule has 0 bridgehead atoms.